The van der Waals surface area contributed by atoms with Crippen molar-refractivity contribution in [1.82, 2.24) is 14.7 Å². The number of hydrogen-bond acceptors (Lipinski definition) is 4. The fourth-order valence-electron chi connectivity index (χ4n) is 3.66. The van der Waals surface area contributed by atoms with E-state index in [1.54, 1.807) is 12.1 Å². The molecule has 1 atom stereocenters. The van der Waals surface area contributed by atoms with Crippen LogP contribution < -0.4 is 0 Å². The van der Waals surface area contributed by atoms with Gasteiger partial charge in [0.2, 0.25) is 5.91 Å². The van der Waals surface area contributed by atoms with E-state index in [0.29, 0.717) is 13.1 Å². The Balaban J connectivity index is 1.46. The first-order chi connectivity index (χ1) is 12.1. The highest BCUT2D eigenvalue weighted by atomic mass is 19.1. The van der Waals surface area contributed by atoms with E-state index in [4.69, 9.17) is 0 Å². The highest BCUT2D eigenvalue weighted by Gasteiger charge is 2.23. The van der Waals surface area contributed by atoms with Crippen molar-refractivity contribution in [2.45, 2.75) is 25.4 Å². The summed E-state index contributed by atoms with van der Waals surface area (Å²) in [5.74, 6) is -0.0404. The lowest BCUT2D eigenvalue weighted by Gasteiger charge is -2.25. The van der Waals surface area contributed by atoms with Crippen molar-refractivity contribution in [3.8, 4) is 0 Å². The van der Waals surface area contributed by atoms with Crippen molar-refractivity contribution >= 4 is 5.91 Å². The average molecular weight is 349 g/mol. The lowest BCUT2D eigenvalue weighted by atomic mass is 10.1. The van der Waals surface area contributed by atoms with Gasteiger partial charge in [-0.2, -0.15) is 0 Å². The Morgan fingerprint density at radius 2 is 1.60 bits per heavy atom. The maximum Gasteiger partial charge on any atom is 0.236 e. The van der Waals surface area contributed by atoms with E-state index in [9.17, 15) is 14.3 Å². The zero-order valence-electron chi connectivity index (χ0n) is 14.7. The predicted molar refractivity (Wildman–Crippen MR) is 94.7 cm³/mol. The van der Waals surface area contributed by atoms with E-state index in [0.717, 1.165) is 64.1 Å². The molecule has 1 aromatic rings. The van der Waals surface area contributed by atoms with Crippen LogP contribution in [0.2, 0.25) is 0 Å². The zero-order chi connectivity index (χ0) is 17.6. The summed E-state index contributed by atoms with van der Waals surface area (Å²) in [7, 11) is 0. The minimum absolute atomic E-state index is 0.247. The van der Waals surface area contributed by atoms with Crippen LogP contribution in [0, 0.1) is 5.82 Å². The molecule has 2 aliphatic rings. The van der Waals surface area contributed by atoms with Gasteiger partial charge in [-0.05, 0) is 50.0 Å². The summed E-state index contributed by atoms with van der Waals surface area (Å²) in [5, 5.41) is 10.4. The number of aliphatic hydroxyl groups excluding tert-OH is 1. The quantitative estimate of drug-likeness (QED) is 0.875. The molecule has 0 saturated carbocycles. The van der Waals surface area contributed by atoms with Crippen LogP contribution in [0.1, 0.15) is 30.9 Å². The number of amides is 1. The molecule has 2 fully saturated rings. The van der Waals surface area contributed by atoms with Gasteiger partial charge in [-0.25, -0.2) is 4.39 Å². The number of aliphatic hydroxyl groups is 1. The predicted octanol–water partition coefficient (Wildman–Crippen LogP) is 1.49. The van der Waals surface area contributed by atoms with Gasteiger partial charge >= 0.3 is 0 Å². The molecule has 0 radical (unpaired) electrons. The largest absolute Gasteiger partial charge is 0.387 e. The SMILES string of the molecule is O=C(CN1CCCN(CC(O)c2ccc(F)cc2)CC1)N1CCCC1. The molecule has 0 spiro atoms. The number of nitrogens with zero attached hydrogens (tertiary/aromatic N) is 3. The first kappa shape index (κ1) is 18.3. The molecule has 1 unspecified atom stereocenters. The van der Waals surface area contributed by atoms with Crippen LogP contribution in [0.3, 0.4) is 0 Å². The number of hydrogen-bond donors (Lipinski definition) is 1. The van der Waals surface area contributed by atoms with Gasteiger partial charge in [0.25, 0.3) is 0 Å². The Kier molecular flexibility index (Phi) is 6.39. The van der Waals surface area contributed by atoms with Crippen LogP contribution >= 0.6 is 0 Å². The lowest BCUT2D eigenvalue weighted by Crippen LogP contribution is -2.40. The summed E-state index contributed by atoms with van der Waals surface area (Å²) >= 11 is 0. The number of carbonyl (C=O) groups is 1. The summed E-state index contributed by atoms with van der Waals surface area (Å²) in [6.45, 7) is 6.37. The molecule has 2 aliphatic heterocycles. The summed E-state index contributed by atoms with van der Waals surface area (Å²) in [5.41, 5.74) is 0.742. The molecule has 0 aromatic heterocycles. The molecule has 0 bridgehead atoms. The topological polar surface area (TPSA) is 47.0 Å². The molecule has 5 nitrogen and oxygen atoms in total. The second-order valence-electron chi connectivity index (χ2n) is 7.09. The Hall–Kier alpha value is -1.50. The average Bonchev–Trinajstić information content (AvgIpc) is 3.06. The van der Waals surface area contributed by atoms with Gasteiger partial charge in [-0.3, -0.25) is 14.6 Å². The molecule has 1 amide bonds. The van der Waals surface area contributed by atoms with Crippen molar-refractivity contribution < 1.29 is 14.3 Å². The van der Waals surface area contributed by atoms with E-state index in [2.05, 4.69) is 9.80 Å². The van der Waals surface area contributed by atoms with Crippen molar-refractivity contribution in [2.75, 3.05) is 52.4 Å². The Bertz CT molecular complexity index is 560. The zero-order valence-corrected chi connectivity index (χ0v) is 14.7. The van der Waals surface area contributed by atoms with E-state index in [1.165, 1.54) is 12.1 Å². The van der Waals surface area contributed by atoms with E-state index < -0.39 is 6.10 Å². The van der Waals surface area contributed by atoms with Crippen molar-refractivity contribution in [2.24, 2.45) is 0 Å². The van der Waals surface area contributed by atoms with Crippen molar-refractivity contribution in [1.29, 1.82) is 0 Å². The van der Waals surface area contributed by atoms with Crippen LogP contribution in [-0.4, -0.2) is 78.1 Å². The van der Waals surface area contributed by atoms with Crippen molar-refractivity contribution in [3.63, 3.8) is 0 Å². The van der Waals surface area contributed by atoms with Gasteiger partial charge in [0, 0.05) is 32.7 Å². The molecule has 1 N–H and O–H groups in total. The van der Waals surface area contributed by atoms with Gasteiger partial charge < -0.3 is 10.0 Å². The first-order valence-corrected chi connectivity index (χ1v) is 9.28. The summed E-state index contributed by atoms with van der Waals surface area (Å²) in [4.78, 5) is 18.7. The summed E-state index contributed by atoms with van der Waals surface area (Å²) in [6, 6.07) is 6.04. The summed E-state index contributed by atoms with van der Waals surface area (Å²) in [6.07, 6.45) is 2.63. The monoisotopic (exact) mass is 349 g/mol. The van der Waals surface area contributed by atoms with Crippen LogP contribution in [-0.2, 0) is 4.79 Å². The molecule has 2 heterocycles. The van der Waals surface area contributed by atoms with E-state index >= 15 is 0 Å². The second-order valence-corrected chi connectivity index (χ2v) is 7.09. The fraction of sp³-hybridized carbons (Fsp3) is 0.632. The fourth-order valence-corrected chi connectivity index (χ4v) is 3.66. The third-order valence-corrected chi connectivity index (χ3v) is 5.18. The van der Waals surface area contributed by atoms with Gasteiger partial charge in [0.15, 0.2) is 0 Å². The van der Waals surface area contributed by atoms with E-state index in [1.807, 2.05) is 4.90 Å². The highest BCUT2D eigenvalue weighted by molar-refractivity contribution is 5.78. The number of likely N-dealkylation sites (tertiary alicyclic amines) is 1. The number of carbonyl (C=O) groups excluding carboxylic acids is 1. The van der Waals surface area contributed by atoms with Crippen molar-refractivity contribution in [3.05, 3.63) is 35.6 Å². The minimum atomic E-state index is -0.613. The molecule has 6 heteroatoms. The number of halogens is 1. The second kappa shape index (κ2) is 8.74. The maximum atomic E-state index is 13.0. The summed E-state index contributed by atoms with van der Waals surface area (Å²) < 4.78 is 13.0. The number of benzene rings is 1. The van der Waals surface area contributed by atoms with E-state index in [-0.39, 0.29) is 11.7 Å². The third kappa shape index (κ3) is 5.23. The normalized spacial score (nSPS) is 21.3. The highest BCUT2D eigenvalue weighted by Crippen LogP contribution is 2.16. The Morgan fingerprint density at radius 1 is 0.960 bits per heavy atom. The number of β-amino-alcohol motifs (C(OH)–C–C–N with tert-alkyl or cyclic N) is 1. The van der Waals surface area contributed by atoms with Crippen LogP contribution in [0.15, 0.2) is 24.3 Å². The molecule has 138 valence electrons. The molecule has 2 saturated heterocycles. The maximum absolute atomic E-state index is 13.0. The smallest absolute Gasteiger partial charge is 0.236 e. The van der Waals surface area contributed by atoms with Crippen LogP contribution in [0.4, 0.5) is 4.39 Å². The van der Waals surface area contributed by atoms with Crippen LogP contribution in [0.5, 0.6) is 0 Å². The van der Waals surface area contributed by atoms with Gasteiger partial charge in [-0.15, -0.1) is 0 Å². The molecular weight excluding hydrogens is 321 g/mol. The first-order valence-electron chi connectivity index (χ1n) is 9.28. The van der Waals surface area contributed by atoms with Crippen LogP contribution in [0.25, 0.3) is 0 Å². The Morgan fingerprint density at radius 3 is 2.32 bits per heavy atom. The molecular formula is C19H28FN3O2. The molecule has 25 heavy (non-hydrogen) atoms. The minimum Gasteiger partial charge on any atom is -0.387 e. The standard InChI is InChI=1S/C19H28FN3O2/c20-17-6-4-16(5-7-17)18(24)14-21-8-3-9-22(13-12-21)15-19(25)23-10-1-2-11-23/h4-7,18,24H,1-3,8-15H2. The molecule has 1 aromatic carbocycles. The molecule has 0 aliphatic carbocycles. The van der Waals surface area contributed by atoms with Gasteiger partial charge in [0.05, 0.1) is 12.6 Å². The lowest BCUT2D eigenvalue weighted by molar-refractivity contribution is -0.131. The Labute approximate surface area is 149 Å². The third-order valence-electron chi connectivity index (χ3n) is 5.18. The molecule has 3 rings (SSSR count). The number of rotatable bonds is 5. The van der Waals surface area contributed by atoms with Gasteiger partial charge in [0.1, 0.15) is 5.82 Å². The van der Waals surface area contributed by atoms with Gasteiger partial charge in [-0.1, -0.05) is 12.1 Å².